The molecule has 3 unspecified atom stereocenters. The Bertz CT molecular complexity index is 631. The van der Waals surface area contributed by atoms with Gasteiger partial charge in [0.15, 0.2) is 11.5 Å². The van der Waals surface area contributed by atoms with Crippen LogP contribution in [-0.4, -0.2) is 16.1 Å². The van der Waals surface area contributed by atoms with Crippen molar-refractivity contribution in [3.8, 4) is 0 Å². The van der Waals surface area contributed by atoms with Crippen molar-refractivity contribution in [1.29, 1.82) is 0 Å². The fourth-order valence-corrected chi connectivity index (χ4v) is 3.10. The van der Waals surface area contributed by atoms with Gasteiger partial charge in [0.2, 0.25) is 0 Å². The van der Waals surface area contributed by atoms with Gasteiger partial charge in [0, 0.05) is 5.92 Å². The summed E-state index contributed by atoms with van der Waals surface area (Å²) in [7, 11) is 0. The van der Waals surface area contributed by atoms with Crippen LogP contribution in [0.5, 0.6) is 0 Å². The molecule has 1 aromatic carbocycles. The van der Waals surface area contributed by atoms with Crippen molar-refractivity contribution in [2.75, 3.05) is 0 Å². The molecule has 0 aliphatic heterocycles. The van der Waals surface area contributed by atoms with Gasteiger partial charge >= 0.3 is 5.97 Å². The van der Waals surface area contributed by atoms with Crippen LogP contribution in [0.25, 0.3) is 11.1 Å². The Morgan fingerprint density at radius 3 is 2.89 bits per heavy atom. The molecule has 0 spiro atoms. The molecule has 4 nitrogen and oxygen atoms in total. The molecule has 1 aliphatic carbocycles. The molecule has 0 bridgehead atoms. The monoisotopic (exact) mass is 259 g/mol. The van der Waals surface area contributed by atoms with Crippen molar-refractivity contribution >= 4 is 17.1 Å². The summed E-state index contributed by atoms with van der Waals surface area (Å²) in [5.74, 6) is -0.223. The summed E-state index contributed by atoms with van der Waals surface area (Å²) in [6.07, 6.45) is 1.54. The highest BCUT2D eigenvalue weighted by atomic mass is 16.4. The third-order valence-corrected chi connectivity index (χ3v) is 4.07. The van der Waals surface area contributed by atoms with E-state index in [2.05, 4.69) is 11.9 Å². The van der Waals surface area contributed by atoms with E-state index in [4.69, 9.17) is 4.42 Å². The SMILES string of the molecule is Cc1cccc2oc(C3CC(C)CC3C(=O)O)nc12. The van der Waals surface area contributed by atoms with Crippen molar-refractivity contribution in [2.45, 2.75) is 32.6 Å². The van der Waals surface area contributed by atoms with Crippen molar-refractivity contribution in [2.24, 2.45) is 11.8 Å². The number of benzene rings is 1. The highest BCUT2D eigenvalue weighted by Crippen LogP contribution is 2.43. The summed E-state index contributed by atoms with van der Waals surface area (Å²) in [6, 6.07) is 5.80. The predicted octanol–water partition coefficient (Wildman–Crippen LogP) is 3.35. The zero-order chi connectivity index (χ0) is 13.6. The predicted molar refractivity (Wildman–Crippen MR) is 71.0 cm³/mol. The first kappa shape index (κ1) is 12.2. The topological polar surface area (TPSA) is 63.3 Å². The number of rotatable bonds is 2. The second-order valence-electron chi connectivity index (χ2n) is 5.60. The van der Waals surface area contributed by atoms with E-state index in [1.807, 2.05) is 25.1 Å². The molecule has 4 heteroatoms. The molecule has 0 amide bonds. The number of nitrogens with zero attached hydrogens (tertiary/aromatic N) is 1. The summed E-state index contributed by atoms with van der Waals surface area (Å²) in [4.78, 5) is 15.9. The normalized spacial score (nSPS) is 26.9. The maximum Gasteiger partial charge on any atom is 0.307 e. The number of para-hydroxylation sites is 1. The number of aliphatic carboxylic acids is 1. The number of carboxylic acids is 1. The van der Waals surface area contributed by atoms with E-state index in [9.17, 15) is 9.90 Å². The molecule has 1 aromatic heterocycles. The van der Waals surface area contributed by atoms with Crippen molar-refractivity contribution in [3.05, 3.63) is 29.7 Å². The van der Waals surface area contributed by atoms with Crippen LogP contribution in [0.1, 0.15) is 37.1 Å². The molecule has 0 radical (unpaired) electrons. The molecule has 3 rings (SSSR count). The minimum atomic E-state index is -0.742. The van der Waals surface area contributed by atoms with Crippen LogP contribution in [0.4, 0.5) is 0 Å². The van der Waals surface area contributed by atoms with Crippen molar-refractivity contribution < 1.29 is 14.3 Å². The quantitative estimate of drug-likeness (QED) is 0.898. The zero-order valence-electron chi connectivity index (χ0n) is 11.1. The average Bonchev–Trinajstić information content (AvgIpc) is 2.93. The lowest BCUT2D eigenvalue weighted by atomic mass is 9.96. The number of aromatic nitrogens is 1. The van der Waals surface area contributed by atoms with Crippen molar-refractivity contribution in [3.63, 3.8) is 0 Å². The fraction of sp³-hybridized carbons (Fsp3) is 0.467. The molecule has 1 N–H and O–H groups in total. The number of fused-ring (bicyclic) bond motifs is 1. The van der Waals surface area contributed by atoms with Gasteiger partial charge in [0.1, 0.15) is 5.52 Å². The molecule has 19 heavy (non-hydrogen) atoms. The Labute approximate surface area is 111 Å². The molecule has 1 aliphatic rings. The first-order valence-electron chi connectivity index (χ1n) is 6.65. The van der Waals surface area contributed by atoms with E-state index in [-0.39, 0.29) is 11.8 Å². The number of aryl methyl sites for hydroxylation is 1. The number of hydrogen-bond acceptors (Lipinski definition) is 3. The average molecular weight is 259 g/mol. The maximum atomic E-state index is 11.3. The Morgan fingerprint density at radius 2 is 2.21 bits per heavy atom. The van der Waals surface area contributed by atoms with Gasteiger partial charge in [-0.25, -0.2) is 4.98 Å². The second kappa shape index (κ2) is 4.37. The molecule has 2 aromatic rings. The fourth-order valence-electron chi connectivity index (χ4n) is 3.10. The second-order valence-corrected chi connectivity index (χ2v) is 5.60. The lowest BCUT2D eigenvalue weighted by Gasteiger charge is -2.10. The van der Waals surface area contributed by atoms with E-state index >= 15 is 0 Å². The van der Waals surface area contributed by atoms with Gasteiger partial charge in [-0.2, -0.15) is 0 Å². The smallest absolute Gasteiger partial charge is 0.307 e. The van der Waals surface area contributed by atoms with E-state index < -0.39 is 5.97 Å². The van der Waals surface area contributed by atoms with E-state index in [1.165, 1.54) is 0 Å². The summed E-state index contributed by atoms with van der Waals surface area (Å²) >= 11 is 0. The first-order valence-corrected chi connectivity index (χ1v) is 6.65. The van der Waals surface area contributed by atoms with Gasteiger partial charge in [-0.15, -0.1) is 0 Å². The summed E-state index contributed by atoms with van der Waals surface area (Å²) in [6.45, 7) is 4.07. The molecule has 1 fully saturated rings. The van der Waals surface area contributed by atoms with Gasteiger partial charge in [0.05, 0.1) is 5.92 Å². The highest BCUT2D eigenvalue weighted by Gasteiger charge is 2.40. The number of carboxylic acid groups (broad SMARTS) is 1. The standard InChI is InChI=1S/C15H17NO3/c1-8-6-10(11(7-8)15(17)18)14-16-13-9(2)4-3-5-12(13)19-14/h3-5,8,10-11H,6-7H2,1-2H3,(H,17,18). The van der Waals surface area contributed by atoms with Gasteiger partial charge in [-0.1, -0.05) is 19.1 Å². The molecule has 3 atom stereocenters. The Kier molecular flexibility index (Phi) is 2.81. The molecule has 1 saturated carbocycles. The lowest BCUT2D eigenvalue weighted by Crippen LogP contribution is -2.17. The van der Waals surface area contributed by atoms with Gasteiger partial charge < -0.3 is 9.52 Å². The number of hydrogen-bond donors (Lipinski definition) is 1. The Morgan fingerprint density at radius 1 is 1.42 bits per heavy atom. The van der Waals surface area contributed by atoms with Crippen LogP contribution < -0.4 is 0 Å². The van der Waals surface area contributed by atoms with E-state index in [1.54, 1.807) is 0 Å². The molecule has 100 valence electrons. The molecule has 1 heterocycles. The minimum absolute atomic E-state index is 0.0979. The summed E-state index contributed by atoms with van der Waals surface area (Å²) < 4.78 is 5.79. The lowest BCUT2D eigenvalue weighted by molar-refractivity contribution is -0.142. The zero-order valence-corrected chi connectivity index (χ0v) is 11.1. The Hall–Kier alpha value is -1.84. The minimum Gasteiger partial charge on any atom is -0.481 e. The molecular formula is C15H17NO3. The summed E-state index contributed by atoms with van der Waals surface area (Å²) in [5, 5.41) is 9.32. The highest BCUT2D eigenvalue weighted by molar-refractivity contribution is 5.77. The van der Waals surface area contributed by atoms with E-state index in [0.29, 0.717) is 18.2 Å². The van der Waals surface area contributed by atoms with Crippen LogP contribution in [0, 0.1) is 18.8 Å². The number of oxazole rings is 1. The van der Waals surface area contributed by atoms with Crippen LogP contribution in [0.3, 0.4) is 0 Å². The van der Waals surface area contributed by atoms with Crippen LogP contribution >= 0.6 is 0 Å². The van der Waals surface area contributed by atoms with Gasteiger partial charge in [-0.05, 0) is 37.3 Å². The van der Waals surface area contributed by atoms with Gasteiger partial charge in [0.25, 0.3) is 0 Å². The van der Waals surface area contributed by atoms with Crippen molar-refractivity contribution in [1.82, 2.24) is 4.98 Å². The molecular weight excluding hydrogens is 242 g/mol. The van der Waals surface area contributed by atoms with Crippen LogP contribution in [0.15, 0.2) is 22.6 Å². The third kappa shape index (κ3) is 2.01. The summed E-state index contributed by atoms with van der Waals surface area (Å²) in [5.41, 5.74) is 2.66. The maximum absolute atomic E-state index is 11.3. The van der Waals surface area contributed by atoms with Crippen LogP contribution in [0.2, 0.25) is 0 Å². The van der Waals surface area contributed by atoms with Crippen LogP contribution in [-0.2, 0) is 4.79 Å². The van der Waals surface area contributed by atoms with Gasteiger partial charge in [-0.3, -0.25) is 4.79 Å². The Balaban J connectivity index is 2.04. The first-order chi connectivity index (χ1) is 9.06. The van der Waals surface area contributed by atoms with E-state index in [0.717, 1.165) is 23.1 Å². The number of carbonyl (C=O) groups is 1. The third-order valence-electron chi connectivity index (χ3n) is 4.07. The largest absolute Gasteiger partial charge is 0.481 e. The molecule has 0 saturated heterocycles.